The Morgan fingerprint density at radius 2 is 1.76 bits per heavy atom. The van der Waals surface area contributed by atoms with Crippen molar-refractivity contribution in [1.82, 2.24) is 0 Å². The zero-order valence-electron chi connectivity index (χ0n) is 16.7. The Balaban J connectivity index is 2.40. The Hall–Kier alpha value is -3.36. The van der Waals surface area contributed by atoms with Crippen LogP contribution in [-0.2, 0) is 9.53 Å². The van der Waals surface area contributed by atoms with Gasteiger partial charge in [0.15, 0.2) is 0 Å². The summed E-state index contributed by atoms with van der Waals surface area (Å²) >= 11 is 0. The first-order valence-corrected chi connectivity index (χ1v) is 9.04. The van der Waals surface area contributed by atoms with E-state index < -0.39 is 21.4 Å². The molecule has 0 aromatic heterocycles. The molecule has 0 aliphatic heterocycles. The Labute approximate surface area is 168 Å². The molecule has 2 rings (SSSR count). The van der Waals surface area contributed by atoms with Crippen molar-refractivity contribution in [2.24, 2.45) is 10.9 Å². The van der Waals surface area contributed by atoms with Crippen LogP contribution >= 0.6 is 0 Å². The molecule has 1 aliphatic rings. The lowest BCUT2D eigenvalue weighted by Crippen LogP contribution is -2.26. The van der Waals surface area contributed by atoms with Gasteiger partial charge in [0.25, 0.3) is 5.69 Å². The van der Waals surface area contributed by atoms with Crippen molar-refractivity contribution in [2.75, 3.05) is 6.54 Å². The highest BCUT2D eigenvalue weighted by Crippen LogP contribution is 2.28. The van der Waals surface area contributed by atoms with Crippen LogP contribution in [0, 0.1) is 26.1 Å². The fourth-order valence-corrected chi connectivity index (χ4v) is 2.91. The Morgan fingerprint density at radius 3 is 2.24 bits per heavy atom. The molecule has 0 saturated carbocycles. The lowest BCUT2D eigenvalue weighted by atomic mass is 9.88. The zero-order valence-corrected chi connectivity index (χ0v) is 16.7. The van der Waals surface area contributed by atoms with Crippen LogP contribution in [0.3, 0.4) is 0 Å². The number of esters is 1. The quantitative estimate of drug-likeness (QED) is 0.308. The van der Waals surface area contributed by atoms with Crippen molar-refractivity contribution < 1.29 is 19.4 Å². The molecule has 0 heterocycles. The monoisotopic (exact) mass is 401 g/mol. The topological polar surface area (TPSA) is 125 Å². The van der Waals surface area contributed by atoms with Gasteiger partial charge in [0.05, 0.1) is 21.5 Å². The number of hydrogen-bond acceptors (Lipinski definition) is 7. The first-order valence-electron chi connectivity index (χ1n) is 9.04. The smallest absolute Gasteiger partial charge is 0.328 e. The van der Waals surface area contributed by atoms with Crippen molar-refractivity contribution >= 4 is 17.4 Å². The van der Waals surface area contributed by atoms with Crippen molar-refractivity contribution in [3.05, 3.63) is 73.5 Å². The van der Waals surface area contributed by atoms with E-state index in [-0.39, 0.29) is 23.8 Å². The maximum atomic E-state index is 12.1. The molecule has 154 valence electrons. The Bertz CT molecular complexity index is 907. The lowest BCUT2D eigenvalue weighted by molar-refractivity contribution is -0.433. The third kappa shape index (κ3) is 6.06. The van der Waals surface area contributed by atoms with E-state index in [4.69, 9.17) is 4.74 Å². The van der Waals surface area contributed by atoms with Gasteiger partial charge in [-0.3, -0.25) is 30.0 Å². The highest BCUT2D eigenvalue weighted by molar-refractivity contribution is 6.13. The minimum absolute atomic E-state index is 0.0678. The Morgan fingerprint density at radius 1 is 1.14 bits per heavy atom. The fraction of sp³-hybridized carbons (Fsp3) is 0.400. The summed E-state index contributed by atoms with van der Waals surface area (Å²) in [5.41, 5.74) is 1.13. The van der Waals surface area contributed by atoms with Crippen molar-refractivity contribution in [3.63, 3.8) is 0 Å². The van der Waals surface area contributed by atoms with E-state index in [1.807, 2.05) is 0 Å². The van der Waals surface area contributed by atoms with E-state index in [1.165, 1.54) is 18.2 Å². The summed E-state index contributed by atoms with van der Waals surface area (Å²) in [6.45, 7) is 6.76. The van der Waals surface area contributed by atoms with Gasteiger partial charge >= 0.3 is 5.97 Å². The molecule has 1 aromatic rings. The van der Waals surface area contributed by atoms with E-state index in [9.17, 15) is 25.0 Å². The van der Waals surface area contributed by atoms with Crippen LogP contribution in [0.15, 0.2) is 52.7 Å². The van der Waals surface area contributed by atoms with Crippen LogP contribution in [0.25, 0.3) is 0 Å². The molecule has 0 radical (unpaired) electrons. The third-order valence-corrected chi connectivity index (χ3v) is 4.14. The van der Waals surface area contributed by atoms with E-state index in [2.05, 4.69) is 4.99 Å². The van der Waals surface area contributed by atoms with E-state index in [0.717, 1.165) is 0 Å². The molecule has 0 bridgehead atoms. The van der Waals surface area contributed by atoms with Crippen molar-refractivity contribution in [1.29, 1.82) is 0 Å². The van der Waals surface area contributed by atoms with Gasteiger partial charge in [0.2, 0.25) is 5.70 Å². The van der Waals surface area contributed by atoms with Gasteiger partial charge in [-0.1, -0.05) is 13.0 Å². The summed E-state index contributed by atoms with van der Waals surface area (Å²) in [5.74, 6) is -0.849. The molecule has 0 amide bonds. The fourth-order valence-electron chi connectivity index (χ4n) is 2.91. The largest absolute Gasteiger partial charge is 0.459 e. The number of nitrogens with zero attached hydrogens (tertiary/aromatic N) is 3. The highest BCUT2D eigenvalue weighted by atomic mass is 16.6. The second-order valence-electron chi connectivity index (χ2n) is 7.70. The molecule has 9 nitrogen and oxygen atoms in total. The number of allylic oxidation sites excluding steroid dienone is 4. The summed E-state index contributed by atoms with van der Waals surface area (Å²) in [5, 5.41) is 22.0. The zero-order chi connectivity index (χ0) is 21.8. The second kappa shape index (κ2) is 8.76. The molecule has 1 aromatic carbocycles. The lowest BCUT2D eigenvalue weighted by Gasteiger charge is -2.20. The molecule has 1 unspecified atom stereocenters. The van der Waals surface area contributed by atoms with Gasteiger partial charge in [0.1, 0.15) is 12.1 Å². The van der Waals surface area contributed by atoms with Gasteiger partial charge < -0.3 is 4.74 Å². The standard InChI is InChI=1S/C20H23N3O6/c1-13-11-15(7-10-17(13)23(27)28)19(21-12-18(24)29-20(2,3)4)14-5-8-16(9-6-14)22(25)26/h5-10,13H,11-12H2,1-4H3. The number of carbonyl (C=O) groups excluding carboxylic acids is 1. The van der Waals surface area contributed by atoms with Gasteiger partial charge in [-0.05, 0) is 44.9 Å². The number of ether oxygens (including phenoxy) is 1. The number of rotatable bonds is 6. The molecule has 1 aliphatic carbocycles. The number of nitro benzene ring substituents is 1. The van der Waals surface area contributed by atoms with Crippen LogP contribution in [0.4, 0.5) is 5.69 Å². The predicted octanol–water partition coefficient (Wildman–Crippen LogP) is 3.85. The summed E-state index contributed by atoms with van der Waals surface area (Å²) in [6, 6.07) is 5.79. The third-order valence-electron chi connectivity index (χ3n) is 4.14. The highest BCUT2D eigenvalue weighted by Gasteiger charge is 2.27. The number of benzene rings is 1. The molecule has 0 N–H and O–H groups in total. The van der Waals surface area contributed by atoms with Gasteiger partial charge in [0, 0.05) is 23.8 Å². The van der Waals surface area contributed by atoms with Crippen LogP contribution in [0.2, 0.25) is 0 Å². The average Bonchev–Trinajstić information content (AvgIpc) is 2.60. The Kier molecular flexibility index (Phi) is 6.63. The second-order valence-corrected chi connectivity index (χ2v) is 7.70. The number of hydrogen-bond donors (Lipinski definition) is 0. The summed E-state index contributed by atoms with van der Waals surface area (Å²) < 4.78 is 5.28. The minimum Gasteiger partial charge on any atom is -0.459 e. The van der Waals surface area contributed by atoms with Crippen LogP contribution < -0.4 is 0 Å². The van der Waals surface area contributed by atoms with Crippen LogP contribution in [0.5, 0.6) is 0 Å². The predicted molar refractivity (Wildman–Crippen MR) is 107 cm³/mol. The minimum atomic E-state index is -0.651. The first kappa shape index (κ1) is 21.9. The maximum absolute atomic E-state index is 12.1. The number of nitro groups is 2. The number of aliphatic imine (C=N–C) groups is 1. The first-order chi connectivity index (χ1) is 13.5. The summed E-state index contributed by atoms with van der Waals surface area (Å²) in [4.78, 5) is 37.6. The molecular weight excluding hydrogens is 378 g/mol. The molecule has 0 fully saturated rings. The van der Waals surface area contributed by atoms with Gasteiger partial charge in [-0.15, -0.1) is 0 Å². The van der Waals surface area contributed by atoms with E-state index in [0.29, 0.717) is 23.3 Å². The van der Waals surface area contributed by atoms with Gasteiger partial charge in [-0.25, -0.2) is 0 Å². The SMILES string of the molecule is CC1CC(C(=NCC(=O)OC(C)(C)C)c2ccc([N+](=O)[O-])cc2)=CC=C1[N+](=O)[O-]. The molecule has 29 heavy (non-hydrogen) atoms. The van der Waals surface area contributed by atoms with Crippen LogP contribution in [-0.4, -0.2) is 33.7 Å². The van der Waals surface area contributed by atoms with E-state index in [1.54, 1.807) is 45.9 Å². The number of non-ortho nitro benzene ring substituents is 1. The molecule has 9 heteroatoms. The normalized spacial score (nSPS) is 17.2. The molecular formula is C20H23N3O6. The molecule has 0 spiro atoms. The van der Waals surface area contributed by atoms with Crippen LogP contribution in [0.1, 0.15) is 39.7 Å². The maximum Gasteiger partial charge on any atom is 0.328 e. The molecule has 1 atom stereocenters. The van der Waals surface area contributed by atoms with Crippen molar-refractivity contribution in [3.8, 4) is 0 Å². The van der Waals surface area contributed by atoms with E-state index >= 15 is 0 Å². The summed E-state index contributed by atoms with van der Waals surface area (Å²) in [7, 11) is 0. The van der Waals surface area contributed by atoms with Gasteiger partial charge in [-0.2, -0.15) is 0 Å². The van der Waals surface area contributed by atoms with Crippen molar-refractivity contribution in [2.45, 2.75) is 39.7 Å². The average molecular weight is 401 g/mol. The molecule has 0 saturated heterocycles. The number of carbonyl (C=O) groups is 1. The summed E-state index contributed by atoms with van der Waals surface area (Å²) in [6.07, 6.45) is 3.39.